The van der Waals surface area contributed by atoms with E-state index in [4.69, 9.17) is 0 Å². The molecule has 0 spiro atoms. The summed E-state index contributed by atoms with van der Waals surface area (Å²) in [6.07, 6.45) is 4.31. The third-order valence-corrected chi connectivity index (χ3v) is 6.54. The molecule has 0 fully saturated rings. The van der Waals surface area contributed by atoms with E-state index < -0.39 is 0 Å². The van der Waals surface area contributed by atoms with E-state index in [1.807, 2.05) is 31.2 Å². The third-order valence-electron chi connectivity index (χ3n) is 4.48. The van der Waals surface area contributed by atoms with Gasteiger partial charge in [-0.05, 0) is 50.3 Å². The lowest BCUT2D eigenvalue weighted by Crippen LogP contribution is -2.15. The molecule has 26 heavy (non-hydrogen) atoms. The van der Waals surface area contributed by atoms with Crippen LogP contribution in [-0.4, -0.2) is 21.6 Å². The maximum absolute atomic E-state index is 12.5. The third kappa shape index (κ3) is 3.54. The van der Waals surface area contributed by atoms with Crippen LogP contribution < -0.4 is 10.9 Å². The molecule has 5 nitrogen and oxygen atoms in total. The van der Waals surface area contributed by atoms with Crippen molar-refractivity contribution in [2.24, 2.45) is 0 Å². The van der Waals surface area contributed by atoms with Gasteiger partial charge in [0.15, 0.2) is 5.16 Å². The Balaban J connectivity index is 1.48. The fourth-order valence-electron chi connectivity index (χ4n) is 3.18. The molecule has 0 atom stereocenters. The largest absolute Gasteiger partial charge is 0.325 e. The van der Waals surface area contributed by atoms with Gasteiger partial charge >= 0.3 is 0 Å². The Morgan fingerprint density at radius 1 is 1.27 bits per heavy atom. The molecule has 2 heterocycles. The van der Waals surface area contributed by atoms with Crippen molar-refractivity contribution < 1.29 is 4.79 Å². The van der Waals surface area contributed by atoms with Crippen LogP contribution in [0.25, 0.3) is 10.2 Å². The number of thiophene rings is 1. The predicted octanol–water partition coefficient (Wildman–Crippen LogP) is 3.90. The topological polar surface area (TPSA) is 74.8 Å². The van der Waals surface area contributed by atoms with Gasteiger partial charge < -0.3 is 10.3 Å². The number of rotatable bonds is 4. The van der Waals surface area contributed by atoms with Gasteiger partial charge in [0, 0.05) is 10.6 Å². The molecule has 0 radical (unpaired) electrons. The first-order chi connectivity index (χ1) is 12.6. The van der Waals surface area contributed by atoms with E-state index in [-0.39, 0.29) is 17.2 Å². The number of thioether (sulfide) groups is 1. The van der Waals surface area contributed by atoms with Crippen LogP contribution in [0.15, 0.2) is 34.2 Å². The molecule has 0 saturated heterocycles. The second-order valence-corrected chi connectivity index (χ2v) is 8.51. The molecule has 3 aromatic rings. The standard InChI is InChI=1S/C19H19N3O2S2/c1-11-6-8-12(9-7-11)20-15(23)10-25-19-21-17(24)16-13-4-2-3-5-14(13)26-18(16)22-19/h6-9H,2-5,10H2,1H3,(H,20,23)(H,21,22,24). The number of carbonyl (C=O) groups excluding carboxylic acids is 1. The zero-order valence-electron chi connectivity index (χ0n) is 14.4. The van der Waals surface area contributed by atoms with Gasteiger partial charge in [-0.25, -0.2) is 4.98 Å². The molecular formula is C19H19N3O2S2. The van der Waals surface area contributed by atoms with Crippen molar-refractivity contribution in [1.82, 2.24) is 9.97 Å². The van der Waals surface area contributed by atoms with Gasteiger partial charge in [-0.1, -0.05) is 29.5 Å². The quantitative estimate of drug-likeness (QED) is 0.528. The van der Waals surface area contributed by atoms with Gasteiger partial charge in [0.25, 0.3) is 5.56 Å². The Labute approximate surface area is 159 Å². The molecule has 2 N–H and O–H groups in total. The lowest BCUT2D eigenvalue weighted by atomic mass is 9.97. The monoisotopic (exact) mass is 385 g/mol. The van der Waals surface area contributed by atoms with Gasteiger partial charge in [-0.15, -0.1) is 11.3 Å². The fourth-order valence-corrected chi connectivity index (χ4v) is 5.16. The van der Waals surface area contributed by atoms with E-state index in [1.54, 1.807) is 11.3 Å². The van der Waals surface area contributed by atoms with Crippen molar-refractivity contribution in [3.8, 4) is 0 Å². The first-order valence-corrected chi connectivity index (χ1v) is 10.4. The van der Waals surface area contributed by atoms with Crippen molar-refractivity contribution in [1.29, 1.82) is 0 Å². The SMILES string of the molecule is Cc1ccc(NC(=O)CSc2nc3sc4c(c3c(=O)[nH]2)CCCC4)cc1. The second-order valence-electron chi connectivity index (χ2n) is 6.47. The van der Waals surface area contributed by atoms with E-state index in [1.165, 1.54) is 28.6 Å². The highest BCUT2D eigenvalue weighted by atomic mass is 32.2. The van der Waals surface area contributed by atoms with E-state index >= 15 is 0 Å². The average molecular weight is 386 g/mol. The molecule has 0 aliphatic heterocycles. The number of aromatic amines is 1. The van der Waals surface area contributed by atoms with E-state index in [0.717, 1.165) is 40.7 Å². The van der Waals surface area contributed by atoms with Crippen LogP contribution in [0.3, 0.4) is 0 Å². The summed E-state index contributed by atoms with van der Waals surface area (Å²) >= 11 is 2.88. The van der Waals surface area contributed by atoms with Crippen LogP contribution in [-0.2, 0) is 17.6 Å². The molecule has 0 unspecified atom stereocenters. The summed E-state index contributed by atoms with van der Waals surface area (Å²) in [7, 11) is 0. The number of anilines is 1. The average Bonchev–Trinajstić information content (AvgIpc) is 3.01. The summed E-state index contributed by atoms with van der Waals surface area (Å²) in [4.78, 5) is 34.1. The highest BCUT2D eigenvalue weighted by Crippen LogP contribution is 2.34. The second kappa shape index (κ2) is 7.25. The summed E-state index contributed by atoms with van der Waals surface area (Å²) in [6, 6.07) is 7.66. The molecule has 2 aromatic heterocycles. The maximum Gasteiger partial charge on any atom is 0.260 e. The molecule has 0 bridgehead atoms. The van der Waals surface area contributed by atoms with Gasteiger partial charge in [-0.3, -0.25) is 9.59 Å². The lowest BCUT2D eigenvalue weighted by molar-refractivity contribution is -0.113. The van der Waals surface area contributed by atoms with Gasteiger partial charge in [0.2, 0.25) is 5.91 Å². The van der Waals surface area contributed by atoms with Crippen LogP contribution in [0, 0.1) is 6.92 Å². The summed E-state index contributed by atoms with van der Waals surface area (Å²) in [5.41, 5.74) is 3.00. The minimum atomic E-state index is -0.118. The Morgan fingerprint density at radius 3 is 2.85 bits per heavy atom. The Morgan fingerprint density at radius 2 is 2.04 bits per heavy atom. The highest BCUT2D eigenvalue weighted by molar-refractivity contribution is 7.99. The van der Waals surface area contributed by atoms with Gasteiger partial charge in [-0.2, -0.15) is 0 Å². The number of hydrogen-bond donors (Lipinski definition) is 2. The number of carbonyl (C=O) groups is 1. The molecular weight excluding hydrogens is 366 g/mol. The van der Waals surface area contributed by atoms with Crippen molar-refractivity contribution in [3.05, 3.63) is 50.6 Å². The Hall–Kier alpha value is -2.12. The fraction of sp³-hybridized carbons (Fsp3) is 0.316. The van der Waals surface area contributed by atoms with Crippen molar-refractivity contribution in [2.45, 2.75) is 37.8 Å². The molecule has 134 valence electrons. The molecule has 1 amide bonds. The number of aryl methyl sites for hydroxylation is 3. The number of hydrogen-bond acceptors (Lipinski definition) is 5. The van der Waals surface area contributed by atoms with E-state index in [2.05, 4.69) is 15.3 Å². The van der Waals surface area contributed by atoms with Crippen LogP contribution in [0.1, 0.15) is 28.8 Å². The number of benzene rings is 1. The lowest BCUT2D eigenvalue weighted by Gasteiger charge is -2.09. The molecule has 7 heteroatoms. The number of H-pyrrole nitrogens is 1. The first kappa shape index (κ1) is 17.3. The molecule has 1 aliphatic rings. The molecule has 4 rings (SSSR count). The normalized spacial score (nSPS) is 13.6. The van der Waals surface area contributed by atoms with Crippen LogP contribution >= 0.6 is 23.1 Å². The number of nitrogens with zero attached hydrogens (tertiary/aromatic N) is 1. The number of fused-ring (bicyclic) bond motifs is 3. The van der Waals surface area contributed by atoms with Gasteiger partial charge in [0.1, 0.15) is 4.83 Å². The summed E-state index contributed by atoms with van der Waals surface area (Å²) in [5.74, 6) is 0.0833. The minimum Gasteiger partial charge on any atom is -0.325 e. The number of amides is 1. The number of nitrogens with one attached hydrogen (secondary N) is 2. The molecule has 1 aromatic carbocycles. The van der Waals surface area contributed by atoms with E-state index in [0.29, 0.717) is 5.16 Å². The molecule has 1 aliphatic carbocycles. The smallest absolute Gasteiger partial charge is 0.260 e. The minimum absolute atomic E-state index is 0.0872. The highest BCUT2D eigenvalue weighted by Gasteiger charge is 2.20. The predicted molar refractivity (Wildman–Crippen MR) is 107 cm³/mol. The maximum atomic E-state index is 12.5. The zero-order valence-corrected chi connectivity index (χ0v) is 16.1. The summed E-state index contributed by atoms with van der Waals surface area (Å²) in [6.45, 7) is 2.00. The van der Waals surface area contributed by atoms with Crippen LogP contribution in [0.4, 0.5) is 5.69 Å². The first-order valence-electron chi connectivity index (χ1n) is 8.64. The summed E-state index contributed by atoms with van der Waals surface area (Å²) in [5, 5.41) is 4.10. The zero-order chi connectivity index (χ0) is 18.1. The number of aromatic nitrogens is 2. The summed E-state index contributed by atoms with van der Waals surface area (Å²) < 4.78 is 0. The van der Waals surface area contributed by atoms with Crippen molar-refractivity contribution >= 4 is 44.9 Å². The van der Waals surface area contributed by atoms with Crippen molar-refractivity contribution in [2.75, 3.05) is 11.1 Å². The van der Waals surface area contributed by atoms with Gasteiger partial charge in [0.05, 0.1) is 11.1 Å². The van der Waals surface area contributed by atoms with Crippen LogP contribution in [0.2, 0.25) is 0 Å². The van der Waals surface area contributed by atoms with Crippen LogP contribution in [0.5, 0.6) is 0 Å². The Kier molecular flexibility index (Phi) is 4.82. The Bertz CT molecular complexity index is 1020. The molecule has 0 saturated carbocycles. The van der Waals surface area contributed by atoms with Crippen molar-refractivity contribution in [3.63, 3.8) is 0 Å². The van der Waals surface area contributed by atoms with E-state index in [9.17, 15) is 9.59 Å².